The van der Waals surface area contributed by atoms with Gasteiger partial charge in [0.2, 0.25) is 0 Å². The number of rotatable bonds is 5. The molecule has 0 aliphatic carbocycles. The zero-order valence-electron chi connectivity index (χ0n) is 19.0. The highest BCUT2D eigenvalue weighted by molar-refractivity contribution is 5.99. The Bertz CT molecular complexity index is 1730. The van der Waals surface area contributed by atoms with Crippen LogP contribution in [-0.4, -0.2) is 20.4 Å². The monoisotopic (exact) mass is 454 g/mol. The third-order valence-electron chi connectivity index (χ3n) is 6.11. The smallest absolute Gasteiger partial charge is 0.282 e. The van der Waals surface area contributed by atoms with Crippen LogP contribution in [0.25, 0.3) is 33.2 Å². The highest BCUT2D eigenvalue weighted by Gasteiger charge is 2.13. The Balaban J connectivity index is 1.50. The van der Waals surface area contributed by atoms with Gasteiger partial charge in [-0.15, -0.1) is 0 Å². The van der Waals surface area contributed by atoms with Crippen molar-refractivity contribution in [2.24, 2.45) is 5.10 Å². The van der Waals surface area contributed by atoms with Crippen molar-refractivity contribution in [3.63, 3.8) is 0 Å². The fourth-order valence-electron chi connectivity index (χ4n) is 4.41. The van der Waals surface area contributed by atoms with Crippen molar-refractivity contribution < 1.29 is 0 Å². The molecule has 0 radical (unpaired) electrons. The molecule has 2 aromatic heterocycles. The molecule has 0 N–H and O–H groups in total. The highest BCUT2D eigenvalue weighted by atomic mass is 16.1. The van der Waals surface area contributed by atoms with Crippen molar-refractivity contribution in [3.8, 4) is 11.4 Å². The van der Waals surface area contributed by atoms with Crippen LogP contribution in [0.5, 0.6) is 0 Å². The fourth-order valence-corrected chi connectivity index (χ4v) is 4.41. The molecule has 0 bridgehead atoms. The molecule has 35 heavy (non-hydrogen) atoms. The maximum absolute atomic E-state index is 13.5. The summed E-state index contributed by atoms with van der Waals surface area (Å²) in [5, 5.41) is 6.29. The molecule has 0 amide bonds. The first-order valence-corrected chi connectivity index (χ1v) is 11.5. The number of fused-ring (bicyclic) bond motifs is 2. The largest absolute Gasteiger partial charge is 0.342 e. The average Bonchev–Trinajstić information content (AvgIpc) is 3.26. The van der Waals surface area contributed by atoms with Crippen molar-refractivity contribution in [2.45, 2.75) is 6.54 Å². The van der Waals surface area contributed by atoms with E-state index in [1.807, 2.05) is 78.9 Å². The lowest BCUT2D eigenvalue weighted by atomic mass is 10.2. The Hall–Kier alpha value is -4.77. The Morgan fingerprint density at radius 3 is 2.20 bits per heavy atom. The van der Waals surface area contributed by atoms with E-state index in [9.17, 15) is 4.79 Å². The minimum Gasteiger partial charge on any atom is -0.342 e. The quantitative estimate of drug-likeness (QED) is 0.302. The minimum atomic E-state index is -0.196. The molecule has 4 aromatic carbocycles. The van der Waals surface area contributed by atoms with Gasteiger partial charge in [-0.3, -0.25) is 4.79 Å². The molecule has 0 saturated carbocycles. The lowest BCUT2D eigenvalue weighted by Gasteiger charge is -2.09. The molecule has 0 aliphatic heterocycles. The summed E-state index contributed by atoms with van der Waals surface area (Å²) in [6, 6.07) is 35.7. The molecule has 6 rings (SSSR count). The number of hydrogen-bond donors (Lipinski definition) is 0. The summed E-state index contributed by atoms with van der Waals surface area (Å²) in [7, 11) is 0. The predicted octanol–water partition coefficient (Wildman–Crippen LogP) is 5.95. The molecule has 2 heterocycles. The van der Waals surface area contributed by atoms with Crippen LogP contribution in [0, 0.1) is 0 Å². The van der Waals surface area contributed by atoms with Crippen LogP contribution in [-0.2, 0) is 6.54 Å². The molecular formula is C30H22N4O. The molecule has 0 saturated heterocycles. The van der Waals surface area contributed by atoms with Gasteiger partial charge < -0.3 is 4.57 Å². The van der Waals surface area contributed by atoms with E-state index in [4.69, 9.17) is 4.98 Å². The Labute approximate surface area is 202 Å². The average molecular weight is 455 g/mol. The van der Waals surface area contributed by atoms with Gasteiger partial charge in [-0.2, -0.15) is 9.78 Å². The SMILES string of the molecule is O=c1c2ccccc2nc(-c2ccccc2)n1N=Cc1cn(Cc2ccccc2)c2ccccc12. The Morgan fingerprint density at radius 1 is 0.743 bits per heavy atom. The van der Waals surface area contributed by atoms with Crippen molar-refractivity contribution >= 4 is 28.0 Å². The number of aromatic nitrogens is 3. The van der Waals surface area contributed by atoms with E-state index in [0.717, 1.165) is 28.6 Å². The van der Waals surface area contributed by atoms with Crippen LogP contribution in [0.15, 0.2) is 125 Å². The van der Waals surface area contributed by atoms with Crippen LogP contribution in [0.1, 0.15) is 11.1 Å². The van der Waals surface area contributed by atoms with Gasteiger partial charge in [-0.1, -0.05) is 91.0 Å². The van der Waals surface area contributed by atoms with E-state index in [-0.39, 0.29) is 5.56 Å². The summed E-state index contributed by atoms with van der Waals surface area (Å²) in [5.74, 6) is 0.513. The summed E-state index contributed by atoms with van der Waals surface area (Å²) in [6.07, 6.45) is 3.84. The molecular weight excluding hydrogens is 432 g/mol. The van der Waals surface area contributed by atoms with Gasteiger partial charge in [-0.05, 0) is 23.8 Å². The molecule has 0 spiro atoms. The van der Waals surface area contributed by atoms with E-state index >= 15 is 0 Å². The van der Waals surface area contributed by atoms with Crippen molar-refractivity contribution in [2.75, 3.05) is 0 Å². The lowest BCUT2D eigenvalue weighted by Crippen LogP contribution is -2.20. The van der Waals surface area contributed by atoms with Gasteiger partial charge >= 0.3 is 0 Å². The lowest BCUT2D eigenvalue weighted by molar-refractivity contribution is 0.826. The van der Waals surface area contributed by atoms with Crippen LogP contribution in [0.2, 0.25) is 0 Å². The zero-order valence-corrected chi connectivity index (χ0v) is 19.0. The maximum atomic E-state index is 13.5. The summed E-state index contributed by atoms with van der Waals surface area (Å²) in [6.45, 7) is 0.752. The number of benzene rings is 4. The Morgan fingerprint density at radius 2 is 1.40 bits per heavy atom. The van der Waals surface area contributed by atoms with Gasteiger partial charge in [0.15, 0.2) is 5.82 Å². The van der Waals surface area contributed by atoms with Crippen LogP contribution in [0.4, 0.5) is 0 Å². The van der Waals surface area contributed by atoms with Gasteiger partial charge in [0, 0.05) is 34.8 Å². The first-order chi connectivity index (χ1) is 17.3. The Kier molecular flexibility index (Phi) is 5.28. The number of hydrogen-bond acceptors (Lipinski definition) is 3. The number of nitrogens with zero attached hydrogens (tertiary/aromatic N) is 4. The first kappa shape index (κ1) is 20.8. The maximum Gasteiger partial charge on any atom is 0.282 e. The van der Waals surface area contributed by atoms with Crippen molar-refractivity contribution in [1.82, 2.24) is 14.2 Å². The highest BCUT2D eigenvalue weighted by Crippen LogP contribution is 2.22. The summed E-state index contributed by atoms with van der Waals surface area (Å²) < 4.78 is 3.62. The van der Waals surface area contributed by atoms with Gasteiger partial charge in [0.05, 0.1) is 17.1 Å². The third kappa shape index (κ3) is 3.93. The molecule has 6 aromatic rings. The number of para-hydroxylation sites is 2. The summed E-state index contributed by atoms with van der Waals surface area (Å²) in [5.41, 5.74) is 4.57. The second-order valence-electron chi connectivity index (χ2n) is 8.40. The van der Waals surface area contributed by atoms with Gasteiger partial charge in [0.25, 0.3) is 5.56 Å². The predicted molar refractivity (Wildman–Crippen MR) is 142 cm³/mol. The zero-order chi connectivity index (χ0) is 23.6. The van der Waals surface area contributed by atoms with Gasteiger partial charge in [0.1, 0.15) is 0 Å². The first-order valence-electron chi connectivity index (χ1n) is 11.5. The minimum absolute atomic E-state index is 0.196. The summed E-state index contributed by atoms with van der Waals surface area (Å²) in [4.78, 5) is 18.2. The summed E-state index contributed by atoms with van der Waals surface area (Å²) >= 11 is 0. The van der Waals surface area contributed by atoms with E-state index in [2.05, 4.69) is 40.1 Å². The molecule has 0 aliphatic rings. The van der Waals surface area contributed by atoms with E-state index in [0.29, 0.717) is 16.7 Å². The molecule has 5 nitrogen and oxygen atoms in total. The molecule has 0 fully saturated rings. The van der Waals surface area contributed by atoms with Gasteiger partial charge in [-0.25, -0.2) is 4.98 Å². The molecule has 0 unspecified atom stereocenters. The van der Waals surface area contributed by atoms with E-state index in [1.165, 1.54) is 10.2 Å². The van der Waals surface area contributed by atoms with Crippen LogP contribution in [0.3, 0.4) is 0 Å². The normalized spacial score (nSPS) is 11.5. The molecule has 168 valence electrons. The van der Waals surface area contributed by atoms with Crippen molar-refractivity contribution in [3.05, 3.63) is 137 Å². The van der Waals surface area contributed by atoms with E-state index < -0.39 is 0 Å². The molecule has 5 heteroatoms. The standard InChI is InChI=1S/C30H22N4O/c35-30-26-16-7-9-17-27(26)32-29(23-13-5-2-6-14-23)34(30)31-19-24-21-33(20-22-11-3-1-4-12-22)28-18-10-8-15-25(24)28/h1-19,21H,20H2. The molecule has 0 atom stereocenters. The second-order valence-corrected chi connectivity index (χ2v) is 8.40. The fraction of sp³-hybridized carbons (Fsp3) is 0.0333. The van der Waals surface area contributed by atoms with E-state index in [1.54, 1.807) is 12.3 Å². The van der Waals surface area contributed by atoms with Crippen molar-refractivity contribution in [1.29, 1.82) is 0 Å². The third-order valence-corrected chi connectivity index (χ3v) is 6.11. The second kappa shape index (κ2) is 8.88. The van der Waals surface area contributed by atoms with Crippen LogP contribution >= 0.6 is 0 Å². The van der Waals surface area contributed by atoms with Crippen LogP contribution < -0.4 is 5.56 Å². The topological polar surface area (TPSA) is 52.2 Å².